The van der Waals surface area contributed by atoms with Crippen LogP contribution in [0.5, 0.6) is 0 Å². The van der Waals surface area contributed by atoms with Crippen LogP contribution in [0.2, 0.25) is 0 Å². The molecule has 29 heavy (non-hydrogen) atoms. The molecule has 0 atom stereocenters. The lowest BCUT2D eigenvalue weighted by Gasteiger charge is -2.50. The summed E-state index contributed by atoms with van der Waals surface area (Å²) in [6.45, 7) is 3.31. The highest BCUT2D eigenvalue weighted by Gasteiger charge is 2.48. The number of amides is 2. The van der Waals surface area contributed by atoms with Crippen LogP contribution in [0.25, 0.3) is 0 Å². The summed E-state index contributed by atoms with van der Waals surface area (Å²) in [7, 11) is 0. The number of fused-ring (bicyclic) bond motifs is 2. The van der Waals surface area contributed by atoms with E-state index >= 15 is 0 Å². The number of hydrogen-bond donors (Lipinski definition) is 2. The largest absolute Gasteiger partial charge is 0.348 e. The molecular weight excluding hydrogens is 376 g/mol. The first-order valence-corrected chi connectivity index (χ1v) is 9.85. The number of nitrogens with zero attached hydrogens (tertiary/aromatic N) is 4. The van der Waals surface area contributed by atoms with Crippen LogP contribution in [0.3, 0.4) is 0 Å². The van der Waals surface area contributed by atoms with E-state index in [4.69, 9.17) is 0 Å². The first-order valence-electron chi connectivity index (χ1n) is 9.85. The highest BCUT2D eigenvalue weighted by atomic mass is 16.2. The summed E-state index contributed by atoms with van der Waals surface area (Å²) >= 11 is 0. The molecule has 2 amide bonds. The standard InChI is InChI=1S/C19H24N6O4/c1-2-15(27)25-8-3-13-17(21-12-20-13)19(25)5-9-23(10-6-19)16(28)11-24-7-4-14(26)22-18(24)29/h4,7,12H,2-3,5-6,8-11H2,1H3,(H,20,21)(H,22,26,29). The van der Waals surface area contributed by atoms with Gasteiger partial charge < -0.3 is 14.8 Å². The van der Waals surface area contributed by atoms with Crippen LogP contribution in [0.4, 0.5) is 0 Å². The number of carbonyl (C=O) groups is 2. The van der Waals surface area contributed by atoms with E-state index in [0.717, 1.165) is 17.8 Å². The molecule has 1 fully saturated rings. The van der Waals surface area contributed by atoms with Crippen molar-refractivity contribution in [3.05, 3.63) is 50.8 Å². The number of aromatic nitrogens is 4. The molecule has 0 bridgehead atoms. The highest BCUT2D eigenvalue weighted by Crippen LogP contribution is 2.42. The topological polar surface area (TPSA) is 124 Å². The highest BCUT2D eigenvalue weighted by molar-refractivity contribution is 5.78. The second kappa shape index (κ2) is 7.34. The minimum absolute atomic E-state index is 0.0956. The SMILES string of the molecule is CCC(=O)N1CCc2[nH]cnc2C12CCN(C(=O)Cn1ccc(=O)[nH]c1=O)CC2. The summed E-state index contributed by atoms with van der Waals surface area (Å²) in [5.74, 6) is -0.0985. The van der Waals surface area contributed by atoms with Gasteiger partial charge in [-0.3, -0.25) is 23.9 Å². The first-order chi connectivity index (χ1) is 13.9. The van der Waals surface area contributed by atoms with Crippen LogP contribution in [0.15, 0.2) is 28.2 Å². The maximum absolute atomic E-state index is 12.7. The lowest BCUT2D eigenvalue weighted by Crippen LogP contribution is -2.59. The van der Waals surface area contributed by atoms with Crippen molar-refractivity contribution in [2.75, 3.05) is 19.6 Å². The monoisotopic (exact) mass is 400 g/mol. The third kappa shape index (κ3) is 3.28. The van der Waals surface area contributed by atoms with Crippen molar-refractivity contribution in [2.45, 2.75) is 44.7 Å². The van der Waals surface area contributed by atoms with Crippen LogP contribution in [-0.2, 0) is 28.1 Å². The van der Waals surface area contributed by atoms with E-state index in [-0.39, 0.29) is 18.4 Å². The van der Waals surface area contributed by atoms with Gasteiger partial charge in [-0.1, -0.05) is 6.92 Å². The van der Waals surface area contributed by atoms with E-state index in [1.165, 1.54) is 16.8 Å². The van der Waals surface area contributed by atoms with Crippen molar-refractivity contribution in [2.24, 2.45) is 0 Å². The Hall–Kier alpha value is -3.17. The fourth-order valence-corrected chi connectivity index (χ4v) is 4.48. The Bertz CT molecular complexity index is 1040. The Labute approximate surface area is 166 Å². The number of H-pyrrole nitrogens is 2. The van der Waals surface area contributed by atoms with Crippen LogP contribution < -0.4 is 11.2 Å². The van der Waals surface area contributed by atoms with E-state index in [2.05, 4.69) is 15.0 Å². The molecule has 2 aliphatic heterocycles. The van der Waals surface area contributed by atoms with Crippen molar-refractivity contribution < 1.29 is 9.59 Å². The van der Waals surface area contributed by atoms with Crippen molar-refractivity contribution in [3.8, 4) is 0 Å². The summed E-state index contributed by atoms with van der Waals surface area (Å²) in [6, 6.07) is 1.22. The Morgan fingerprint density at radius 3 is 2.62 bits per heavy atom. The smallest absolute Gasteiger partial charge is 0.328 e. The summed E-state index contributed by atoms with van der Waals surface area (Å²) in [4.78, 5) is 61.9. The Kier molecular flexibility index (Phi) is 4.85. The quantitative estimate of drug-likeness (QED) is 0.724. The Morgan fingerprint density at radius 1 is 1.17 bits per heavy atom. The molecular formula is C19H24N6O4. The van der Waals surface area contributed by atoms with Crippen molar-refractivity contribution in [1.82, 2.24) is 29.3 Å². The number of nitrogens with one attached hydrogen (secondary N) is 2. The first kappa shape index (κ1) is 19.2. The summed E-state index contributed by atoms with van der Waals surface area (Å²) < 4.78 is 1.19. The molecule has 10 heteroatoms. The maximum atomic E-state index is 12.7. The molecule has 1 spiro atoms. The van der Waals surface area contributed by atoms with Gasteiger partial charge in [0.25, 0.3) is 5.56 Å². The number of piperidine rings is 1. The number of rotatable bonds is 3. The van der Waals surface area contributed by atoms with Gasteiger partial charge in [0.2, 0.25) is 11.8 Å². The molecule has 10 nitrogen and oxygen atoms in total. The van der Waals surface area contributed by atoms with Gasteiger partial charge in [0.15, 0.2) is 0 Å². The molecule has 0 aromatic carbocycles. The molecule has 0 unspecified atom stereocenters. The third-order valence-corrected chi connectivity index (χ3v) is 6.01. The van der Waals surface area contributed by atoms with Gasteiger partial charge in [0, 0.05) is 50.4 Å². The third-order valence-electron chi connectivity index (χ3n) is 6.01. The van der Waals surface area contributed by atoms with Crippen LogP contribution in [0, 0.1) is 0 Å². The van der Waals surface area contributed by atoms with Gasteiger partial charge in [0.1, 0.15) is 6.54 Å². The number of imidazole rings is 1. The Morgan fingerprint density at radius 2 is 1.93 bits per heavy atom. The van der Waals surface area contributed by atoms with E-state index in [0.29, 0.717) is 38.9 Å². The van der Waals surface area contributed by atoms with Gasteiger partial charge in [-0.2, -0.15) is 0 Å². The molecule has 4 rings (SSSR count). The lowest BCUT2D eigenvalue weighted by atomic mass is 9.78. The normalized spacial score (nSPS) is 18.0. The van der Waals surface area contributed by atoms with Crippen molar-refractivity contribution >= 4 is 11.8 Å². The maximum Gasteiger partial charge on any atom is 0.328 e. The molecule has 2 aliphatic rings. The van der Waals surface area contributed by atoms with Crippen molar-refractivity contribution in [3.63, 3.8) is 0 Å². The van der Waals surface area contributed by atoms with E-state index in [9.17, 15) is 19.2 Å². The zero-order chi connectivity index (χ0) is 20.6. The number of aromatic amines is 2. The minimum atomic E-state index is -0.604. The fourth-order valence-electron chi connectivity index (χ4n) is 4.48. The zero-order valence-electron chi connectivity index (χ0n) is 16.3. The predicted octanol–water partition coefficient (Wildman–Crippen LogP) is -0.428. The zero-order valence-corrected chi connectivity index (χ0v) is 16.3. The molecule has 4 heterocycles. The average molecular weight is 400 g/mol. The fraction of sp³-hybridized carbons (Fsp3) is 0.526. The molecule has 0 saturated carbocycles. The number of likely N-dealkylation sites (tertiary alicyclic amines) is 1. The summed E-state index contributed by atoms with van der Waals surface area (Å²) in [5, 5.41) is 0. The second-order valence-corrected chi connectivity index (χ2v) is 7.53. The number of hydrogen-bond acceptors (Lipinski definition) is 5. The molecule has 2 N–H and O–H groups in total. The van der Waals surface area contributed by atoms with E-state index < -0.39 is 16.8 Å². The van der Waals surface area contributed by atoms with Gasteiger partial charge >= 0.3 is 5.69 Å². The second-order valence-electron chi connectivity index (χ2n) is 7.53. The number of carbonyl (C=O) groups excluding carboxylic acids is 2. The summed E-state index contributed by atoms with van der Waals surface area (Å²) in [5.41, 5.74) is 0.379. The molecule has 154 valence electrons. The molecule has 0 radical (unpaired) electrons. The summed E-state index contributed by atoms with van der Waals surface area (Å²) in [6.07, 6.45) is 5.38. The van der Waals surface area contributed by atoms with Gasteiger partial charge in [-0.05, 0) is 12.8 Å². The Balaban J connectivity index is 1.53. The minimum Gasteiger partial charge on any atom is -0.348 e. The molecule has 2 aromatic heterocycles. The molecule has 0 aliphatic carbocycles. The van der Waals surface area contributed by atoms with Crippen LogP contribution in [-0.4, -0.2) is 60.8 Å². The van der Waals surface area contributed by atoms with Gasteiger partial charge in [-0.15, -0.1) is 0 Å². The van der Waals surface area contributed by atoms with Crippen LogP contribution in [0.1, 0.15) is 37.6 Å². The van der Waals surface area contributed by atoms with Gasteiger partial charge in [-0.25, -0.2) is 9.78 Å². The van der Waals surface area contributed by atoms with Crippen LogP contribution >= 0.6 is 0 Å². The van der Waals surface area contributed by atoms with E-state index in [1.54, 1.807) is 11.2 Å². The van der Waals surface area contributed by atoms with Crippen molar-refractivity contribution in [1.29, 1.82) is 0 Å². The predicted molar refractivity (Wildman–Crippen MR) is 103 cm³/mol. The average Bonchev–Trinajstić information content (AvgIpc) is 3.20. The van der Waals surface area contributed by atoms with Gasteiger partial charge in [0.05, 0.1) is 17.6 Å². The molecule has 1 saturated heterocycles. The lowest BCUT2D eigenvalue weighted by molar-refractivity contribution is -0.144. The van der Waals surface area contributed by atoms with E-state index in [1.807, 2.05) is 11.8 Å². The molecule has 2 aromatic rings.